The molecule has 1 aromatic rings. The molecule has 0 radical (unpaired) electrons. The van der Waals surface area contributed by atoms with Gasteiger partial charge < -0.3 is 5.11 Å². The maximum absolute atomic E-state index is 8.89. The number of hydrogen-bond acceptors (Lipinski definition) is 3. The monoisotopic (exact) mass is 197 g/mol. The molecule has 1 aromatic heterocycles. The fourth-order valence-electron chi connectivity index (χ4n) is 1.35. The first kappa shape index (κ1) is 11.2. The Hall–Kier alpha value is -0.900. The summed E-state index contributed by atoms with van der Waals surface area (Å²) in [7, 11) is 0. The second-order valence-electron chi connectivity index (χ2n) is 3.73. The summed E-state index contributed by atoms with van der Waals surface area (Å²) in [6.07, 6.45) is 4.56. The zero-order valence-corrected chi connectivity index (χ0v) is 8.98. The van der Waals surface area contributed by atoms with Gasteiger partial charge in [-0.25, -0.2) is 4.98 Å². The number of aromatic nitrogens is 3. The van der Waals surface area contributed by atoms with Crippen molar-refractivity contribution in [3.05, 3.63) is 12.2 Å². The number of hydrogen-bond donors (Lipinski definition) is 1. The number of nitrogens with zero attached hydrogens (tertiary/aromatic N) is 3. The molecule has 1 unspecified atom stereocenters. The summed E-state index contributed by atoms with van der Waals surface area (Å²) in [6, 6.07) is 0. The summed E-state index contributed by atoms with van der Waals surface area (Å²) in [4.78, 5) is 4.21. The van der Waals surface area contributed by atoms with Crippen molar-refractivity contribution < 1.29 is 5.11 Å². The Morgan fingerprint density at radius 1 is 1.57 bits per heavy atom. The van der Waals surface area contributed by atoms with Crippen molar-refractivity contribution in [3.63, 3.8) is 0 Å². The first-order valence-electron chi connectivity index (χ1n) is 5.25. The summed E-state index contributed by atoms with van der Waals surface area (Å²) < 4.78 is 1.95. The van der Waals surface area contributed by atoms with Crippen LogP contribution in [0, 0.1) is 5.92 Å². The molecule has 0 saturated carbocycles. The number of aliphatic hydroxyl groups is 1. The normalized spacial score (nSPS) is 13.1. The van der Waals surface area contributed by atoms with Gasteiger partial charge in [-0.2, -0.15) is 5.10 Å². The molecule has 4 heteroatoms. The van der Waals surface area contributed by atoms with Gasteiger partial charge in [-0.15, -0.1) is 0 Å². The summed E-state index contributed by atoms with van der Waals surface area (Å²) in [5, 5.41) is 13.0. The minimum Gasteiger partial charge on any atom is -0.396 e. The molecule has 0 amide bonds. The average molecular weight is 197 g/mol. The molecule has 0 saturated heterocycles. The molecular formula is C10H19N3O. The van der Waals surface area contributed by atoms with Gasteiger partial charge in [0.05, 0.1) is 0 Å². The maximum atomic E-state index is 8.89. The summed E-state index contributed by atoms with van der Waals surface area (Å²) in [5.74, 6) is 1.38. The van der Waals surface area contributed by atoms with Gasteiger partial charge in [-0.05, 0) is 18.8 Å². The Morgan fingerprint density at radius 3 is 3.00 bits per heavy atom. The zero-order valence-electron chi connectivity index (χ0n) is 8.98. The van der Waals surface area contributed by atoms with E-state index in [0.717, 1.165) is 31.6 Å². The van der Waals surface area contributed by atoms with Crippen molar-refractivity contribution >= 4 is 0 Å². The van der Waals surface area contributed by atoms with Crippen LogP contribution in [0.3, 0.4) is 0 Å². The molecule has 0 bridgehead atoms. The predicted octanol–water partition coefficient (Wildman–Crippen LogP) is 1.25. The summed E-state index contributed by atoms with van der Waals surface area (Å²) >= 11 is 0. The van der Waals surface area contributed by atoms with Crippen molar-refractivity contribution in [1.82, 2.24) is 14.8 Å². The summed E-state index contributed by atoms with van der Waals surface area (Å²) in [6.45, 7) is 5.35. The topological polar surface area (TPSA) is 50.9 Å². The van der Waals surface area contributed by atoms with Gasteiger partial charge in [-0.3, -0.25) is 4.68 Å². The molecule has 0 spiro atoms. The van der Waals surface area contributed by atoms with Crippen LogP contribution in [0.2, 0.25) is 0 Å². The fourth-order valence-corrected chi connectivity index (χ4v) is 1.35. The van der Waals surface area contributed by atoms with E-state index in [-0.39, 0.29) is 6.61 Å². The predicted molar refractivity (Wildman–Crippen MR) is 54.9 cm³/mol. The van der Waals surface area contributed by atoms with Crippen LogP contribution in [-0.2, 0) is 13.0 Å². The Labute approximate surface area is 85.0 Å². The minimum absolute atomic E-state index is 0.252. The molecular weight excluding hydrogens is 178 g/mol. The van der Waals surface area contributed by atoms with E-state index in [1.54, 1.807) is 6.33 Å². The Morgan fingerprint density at radius 2 is 2.36 bits per heavy atom. The van der Waals surface area contributed by atoms with Gasteiger partial charge in [0.15, 0.2) is 0 Å². The second-order valence-corrected chi connectivity index (χ2v) is 3.73. The van der Waals surface area contributed by atoms with Crippen LogP contribution in [0.25, 0.3) is 0 Å². The van der Waals surface area contributed by atoms with Crippen LogP contribution in [0.5, 0.6) is 0 Å². The van der Waals surface area contributed by atoms with Gasteiger partial charge in [0.25, 0.3) is 0 Å². The smallest absolute Gasteiger partial charge is 0.138 e. The molecule has 1 rings (SSSR count). The third-order valence-electron chi connectivity index (χ3n) is 2.30. The van der Waals surface area contributed by atoms with Gasteiger partial charge in [0.1, 0.15) is 12.2 Å². The van der Waals surface area contributed by atoms with Crippen molar-refractivity contribution in [2.24, 2.45) is 5.92 Å². The van der Waals surface area contributed by atoms with Crippen molar-refractivity contribution in [2.45, 2.75) is 39.7 Å². The van der Waals surface area contributed by atoms with Crippen LogP contribution in [0.4, 0.5) is 0 Å². The molecule has 0 fully saturated rings. The van der Waals surface area contributed by atoms with Crippen LogP contribution in [0.1, 0.15) is 32.5 Å². The lowest BCUT2D eigenvalue weighted by Crippen LogP contribution is -2.08. The highest BCUT2D eigenvalue weighted by Gasteiger charge is 2.06. The van der Waals surface area contributed by atoms with E-state index in [4.69, 9.17) is 5.11 Å². The van der Waals surface area contributed by atoms with E-state index >= 15 is 0 Å². The molecule has 1 atom stereocenters. The van der Waals surface area contributed by atoms with Gasteiger partial charge in [-0.1, -0.05) is 13.8 Å². The average Bonchev–Trinajstić information content (AvgIpc) is 2.62. The van der Waals surface area contributed by atoms with Crippen LogP contribution < -0.4 is 0 Å². The maximum Gasteiger partial charge on any atom is 0.138 e. The van der Waals surface area contributed by atoms with E-state index in [9.17, 15) is 0 Å². The lowest BCUT2D eigenvalue weighted by molar-refractivity contribution is 0.229. The lowest BCUT2D eigenvalue weighted by atomic mass is 10.1. The van der Waals surface area contributed by atoms with Gasteiger partial charge >= 0.3 is 0 Å². The second kappa shape index (κ2) is 5.75. The number of rotatable bonds is 6. The molecule has 0 aliphatic carbocycles. The van der Waals surface area contributed by atoms with Crippen molar-refractivity contribution in [3.8, 4) is 0 Å². The molecule has 0 aliphatic heterocycles. The highest BCUT2D eigenvalue weighted by atomic mass is 16.3. The Bertz CT molecular complexity index is 260. The number of aryl methyl sites for hydroxylation is 2. The highest BCUT2D eigenvalue weighted by molar-refractivity contribution is 4.85. The largest absolute Gasteiger partial charge is 0.396 e. The highest BCUT2D eigenvalue weighted by Crippen LogP contribution is 2.06. The summed E-state index contributed by atoms with van der Waals surface area (Å²) in [5.41, 5.74) is 0. The molecule has 80 valence electrons. The van der Waals surface area contributed by atoms with Gasteiger partial charge in [0.2, 0.25) is 0 Å². The molecule has 14 heavy (non-hydrogen) atoms. The standard InChI is InChI=1S/C10H19N3O/c1-3-6-13-10(11-8-12-13)5-4-9(2)7-14/h8-9,14H,3-7H2,1-2H3. The fraction of sp³-hybridized carbons (Fsp3) is 0.800. The van der Waals surface area contributed by atoms with Gasteiger partial charge in [0, 0.05) is 19.6 Å². The molecule has 1 N–H and O–H groups in total. The molecule has 0 aromatic carbocycles. The SMILES string of the molecule is CCCn1ncnc1CCC(C)CO. The van der Waals surface area contributed by atoms with Crippen LogP contribution in [-0.4, -0.2) is 26.5 Å². The zero-order chi connectivity index (χ0) is 10.4. The van der Waals surface area contributed by atoms with E-state index in [1.165, 1.54) is 0 Å². The Kier molecular flexibility index (Phi) is 4.59. The first-order valence-corrected chi connectivity index (χ1v) is 5.25. The first-order chi connectivity index (χ1) is 6.77. The van der Waals surface area contributed by atoms with Crippen molar-refractivity contribution in [1.29, 1.82) is 0 Å². The van der Waals surface area contributed by atoms with Crippen molar-refractivity contribution in [2.75, 3.05) is 6.61 Å². The lowest BCUT2D eigenvalue weighted by Gasteiger charge is -2.07. The van der Waals surface area contributed by atoms with E-state index in [0.29, 0.717) is 5.92 Å². The van der Waals surface area contributed by atoms with E-state index < -0.39 is 0 Å². The third kappa shape index (κ3) is 3.10. The quantitative estimate of drug-likeness (QED) is 0.746. The Balaban J connectivity index is 2.45. The third-order valence-corrected chi connectivity index (χ3v) is 2.30. The van der Waals surface area contributed by atoms with E-state index in [2.05, 4.69) is 17.0 Å². The number of aliphatic hydroxyl groups excluding tert-OH is 1. The van der Waals surface area contributed by atoms with Crippen LogP contribution >= 0.6 is 0 Å². The molecule has 0 aliphatic rings. The minimum atomic E-state index is 0.252. The molecule has 1 heterocycles. The van der Waals surface area contributed by atoms with Crippen LogP contribution in [0.15, 0.2) is 6.33 Å². The van der Waals surface area contributed by atoms with E-state index in [1.807, 2.05) is 11.6 Å². The molecule has 4 nitrogen and oxygen atoms in total.